The number of para-hydroxylation sites is 1. The van der Waals surface area contributed by atoms with Crippen LogP contribution in [0, 0.1) is 6.92 Å². The van der Waals surface area contributed by atoms with E-state index in [4.69, 9.17) is 0 Å². The highest BCUT2D eigenvalue weighted by atomic mass is 16.3. The number of hydrogen-bond acceptors (Lipinski definition) is 3. The monoisotopic (exact) mass is 271 g/mol. The standard InChI is InChI=1S/C16H21N3O/c1-4-11-18(5-2)16-15(12-20)13(3)17-19(16)14-9-7-6-8-10-14/h4,6-10,20H,1,5,11-12H2,2-3H3. The summed E-state index contributed by atoms with van der Waals surface area (Å²) < 4.78 is 1.90. The molecule has 1 aromatic carbocycles. The second-order valence-corrected chi connectivity index (χ2v) is 4.62. The number of likely N-dealkylation sites (N-methyl/N-ethyl adjacent to an activating group) is 1. The molecular formula is C16H21N3O. The van der Waals surface area contributed by atoms with Crippen molar-refractivity contribution in [3.63, 3.8) is 0 Å². The zero-order valence-corrected chi connectivity index (χ0v) is 12.1. The van der Waals surface area contributed by atoms with Gasteiger partial charge < -0.3 is 10.0 Å². The molecule has 0 spiro atoms. The summed E-state index contributed by atoms with van der Waals surface area (Å²) in [6.45, 7) is 9.36. The van der Waals surface area contributed by atoms with Crippen molar-refractivity contribution >= 4 is 5.82 Å². The van der Waals surface area contributed by atoms with Crippen LogP contribution >= 0.6 is 0 Å². The molecule has 1 N–H and O–H groups in total. The lowest BCUT2D eigenvalue weighted by Crippen LogP contribution is -2.26. The van der Waals surface area contributed by atoms with Gasteiger partial charge in [0.2, 0.25) is 0 Å². The van der Waals surface area contributed by atoms with Crippen LogP contribution in [0.15, 0.2) is 43.0 Å². The van der Waals surface area contributed by atoms with Crippen molar-refractivity contribution in [2.75, 3.05) is 18.0 Å². The van der Waals surface area contributed by atoms with Gasteiger partial charge in [-0.3, -0.25) is 0 Å². The molecule has 0 aliphatic carbocycles. The molecule has 2 aromatic rings. The Kier molecular flexibility index (Phi) is 4.58. The molecule has 0 unspecified atom stereocenters. The number of benzene rings is 1. The van der Waals surface area contributed by atoms with Crippen molar-refractivity contribution < 1.29 is 5.11 Å². The van der Waals surface area contributed by atoms with Gasteiger partial charge in [-0.05, 0) is 26.0 Å². The average Bonchev–Trinajstić information content (AvgIpc) is 2.82. The van der Waals surface area contributed by atoms with Crippen LogP contribution in [0.4, 0.5) is 5.82 Å². The van der Waals surface area contributed by atoms with E-state index in [1.54, 1.807) is 0 Å². The van der Waals surface area contributed by atoms with Gasteiger partial charge in [-0.2, -0.15) is 5.10 Å². The minimum Gasteiger partial charge on any atom is -0.391 e. The Hall–Kier alpha value is -2.07. The highest BCUT2D eigenvalue weighted by molar-refractivity contribution is 5.55. The minimum atomic E-state index is -0.0123. The Morgan fingerprint density at radius 1 is 1.35 bits per heavy atom. The van der Waals surface area contributed by atoms with Gasteiger partial charge in [0.15, 0.2) is 0 Å². The number of aliphatic hydroxyl groups excluding tert-OH is 1. The number of aryl methyl sites for hydroxylation is 1. The Morgan fingerprint density at radius 2 is 2.05 bits per heavy atom. The summed E-state index contributed by atoms with van der Waals surface area (Å²) in [4.78, 5) is 2.16. The molecule has 0 fully saturated rings. The summed E-state index contributed by atoms with van der Waals surface area (Å²) >= 11 is 0. The predicted octanol–water partition coefficient (Wildman–Crippen LogP) is 2.69. The first kappa shape index (κ1) is 14.3. The lowest BCUT2D eigenvalue weighted by atomic mass is 10.2. The quantitative estimate of drug-likeness (QED) is 0.821. The maximum absolute atomic E-state index is 9.67. The van der Waals surface area contributed by atoms with E-state index in [1.807, 2.05) is 48.0 Å². The van der Waals surface area contributed by atoms with Crippen molar-refractivity contribution in [3.05, 3.63) is 54.2 Å². The highest BCUT2D eigenvalue weighted by Gasteiger charge is 2.19. The fourth-order valence-corrected chi connectivity index (χ4v) is 2.33. The number of aliphatic hydroxyl groups is 1. The molecule has 0 saturated heterocycles. The smallest absolute Gasteiger partial charge is 0.138 e. The lowest BCUT2D eigenvalue weighted by Gasteiger charge is -2.23. The molecule has 2 rings (SSSR count). The summed E-state index contributed by atoms with van der Waals surface area (Å²) in [7, 11) is 0. The van der Waals surface area contributed by atoms with E-state index in [9.17, 15) is 5.11 Å². The molecule has 4 nitrogen and oxygen atoms in total. The van der Waals surface area contributed by atoms with Gasteiger partial charge in [-0.1, -0.05) is 24.3 Å². The van der Waals surface area contributed by atoms with E-state index in [1.165, 1.54) is 0 Å². The fourth-order valence-electron chi connectivity index (χ4n) is 2.33. The van der Waals surface area contributed by atoms with Crippen LogP contribution < -0.4 is 4.90 Å². The first-order valence-electron chi connectivity index (χ1n) is 6.83. The van der Waals surface area contributed by atoms with E-state index >= 15 is 0 Å². The molecule has 0 radical (unpaired) electrons. The highest BCUT2D eigenvalue weighted by Crippen LogP contribution is 2.27. The normalized spacial score (nSPS) is 10.6. The van der Waals surface area contributed by atoms with E-state index in [0.29, 0.717) is 0 Å². The SMILES string of the molecule is C=CCN(CC)c1c(CO)c(C)nn1-c1ccccc1. The van der Waals surface area contributed by atoms with Gasteiger partial charge in [0, 0.05) is 18.7 Å². The molecule has 4 heteroatoms. The number of rotatable bonds is 6. The third-order valence-corrected chi connectivity index (χ3v) is 3.35. The van der Waals surface area contributed by atoms with Crippen molar-refractivity contribution in [2.45, 2.75) is 20.5 Å². The van der Waals surface area contributed by atoms with E-state index in [0.717, 1.165) is 35.9 Å². The molecule has 1 heterocycles. The largest absolute Gasteiger partial charge is 0.391 e. The molecule has 1 aromatic heterocycles. The maximum atomic E-state index is 9.67. The molecule has 0 saturated carbocycles. The summed E-state index contributed by atoms with van der Waals surface area (Å²) in [5, 5.41) is 14.2. The van der Waals surface area contributed by atoms with E-state index in [2.05, 4.69) is 23.5 Å². The molecule has 0 amide bonds. The number of aromatic nitrogens is 2. The van der Waals surface area contributed by atoms with Crippen molar-refractivity contribution in [2.24, 2.45) is 0 Å². The van der Waals surface area contributed by atoms with Crippen LogP contribution in [0.2, 0.25) is 0 Å². The predicted molar refractivity (Wildman–Crippen MR) is 82.3 cm³/mol. The molecule has 20 heavy (non-hydrogen) atoms. The number of nitrogens with zero attached hydrogens (tertiary/aromatic N) is 3. The summed E-state index contributed by atoms with van der Waals surface area (Å²) in [6.07, 6.45) is 1.86. The van der Waals surface area contributed by atoms with Crippen LogP contribution in [0.25, 0.3) is 5.69 Å². The Bertz CT molecular complexity index is 575. The van der Waals surface area contributed by atoms with Gasteiger partial charge in [-0.25, -0.2) is 4.68 Å². The molecule has 0 atom stereocenters. The third-order valence-electron chi connectivity index (χ3n) is 3.35. The Balaban J connectivity index is 2.60. The average molecular weight is 271 g/mol. The Labute approximate surface area is 120 Å². The zero-order chi connectivity index (χ0) is 14.5. The summed E-state index contributed by atoms with van der Waals surface area (Å²) in [6, 6.07) is 9.97. The van der Waals surface area contributed by atoms with Gasteiger partial charge >= 0.3 is 0 Å². The topological polar surface area (TPSA) is 41.3 Å². The maximum Gasteiger partial charge on any atom is 0.138 e. The van der Waals surface area contributed by atoms with Crippen molar-refractivity contribution in [1.29, 1.82) is 0 Å². The van der Waals surface area contributed by atoms with Crippen LogP contribution in [0.1, 0.15) is 18.2 Å². The van der Waals surface area contributed by atoms with Crippen LogP contribution in [-0.2, 0) is 6.61 Å². The molecule has 106 valence electrons. The number of anilines is 1. The first-order chi connectivity index (χ1) is 9.72. The molecular weight excluding hydrogens is 250 g/mol. The molecule has 0 aliphatic heterocycles. The van der Waals surface area contributed by atoms with Crippen LogP contribution in [0.3, 0.4) is 0 Å². The second-order valence-electron chi connectivity index (χ2n) is 4.62. The second kappa shape index (κ2) is 6.39. The van der Waals surface area contributed by atoms with Crippen LogP contribution in [-0.4, -0.2) is 28.0 Å². The van der Waals surface area contributed by atoms with Gasteiger partial charge in [0.05, 0.1) is 18.0 Å². The van der Waals surface area contributed by atoms with Gasteiger partial charge in [0.1, 0.15) is 5.82 Å². The minimum absolute atomic E-state index is 0.0123. The van der Waals surface area contributed by atoms with E-state index in [-0.39, 0.29) is 6.61 Å². The summed E-state index contributed by atoms with van der Waals surface area (Å²) in [5.41, 5.74) is 2.72. The number of hydrogen-bond donors (Lipinski definition) is 1. The Morgan fingerprint density at radius 3 is 2.60 bits per heavy atom. The molecule has 0 aliphatic rings. The van der Waals surface area contributed by atoms with Gasteiger partial charge in [-0.15, -0.1) is 6.58 Å². The third kappa shape index (κ3) is 2.60. The van der Waals surface area contributed by atoms with E-state index < -0.39 is 0 Å². The van der Waals surface area contributed by atoms with Crippen molar-refractivity contribution in [3.8, 4) is 5.69 Å². The zero-order valence-electron chi connectivity index (χ0n) is 12.1. The lowest BCUT2D eigenvalue weighted by molar-refractivity contribution is 0.281. The van der Waals surface area contributed by atoms with Crippen LogP contribution in [0.5, 0.6) is 0 Å². The van der Waals surface area contributed by atoms with Gasteiger partial charge in [0.25, 0.3) is 0 Å². The first-order valence-corrected chi connectivity index (χ1v) is 6.83. The molecule has 0 bridgehead atoms. The van der Waals surface area contributed by atoms with Crippen molar-refractivity contribution in [1.82, 2.24) is 9.78 Å². The fraction of sp³-hybridized carbons (Fsp3) is 0.312. The summed E-state index contributed by atoms with van der Waals surface area (Å²) in [5.74, 6) is 0.943.